The molecule has 0 saturated heterocycles. The summed E-state index contributed by atoms with van der Waals surface area (Å²) in [7, 11) is 0. The fourth-order valence-corrected chi connectivity index (χ4v) is 3.09. The standard InChI is InChI=1S/C15H20N2O/c1-9-2-3-10(8-16)4-14(9)17-15(18)13-6-11-5-12(11)7-13/h2-4,11-13H,5-8,16H2,1H3,(H,17,18). The van der Waals surface area contributed by atoms with E-state index in [9.17, 15) is 4.79 Å². The Morgan fingerprint density at radius 1 is 1.33 bits per heavy atom. The summed E-state index contributed by atoms with van der Waals surface area (Å²) in [6.07, 6.45) is 3.53. The van der Waals surface area contributed by atoms with Gasteiger partial charge in [0.05, 0.1) is 0 Å². The summed E-state index contributed by atoms with van der Waals surface area (Å²) in [5.74, 6) is 2.11. The molecule has 0 radical (unpaired) electrons. The second-order valence-corrected chi connectivity index (χ2v) is 5.77. The molecule has 1 aromatic carbocycles. The van der Waals surface area contributed by atoms with Gasteiger partial charge in [-0.3, -0.25) is 4.79 Å². The summed E-state index contributed by atoms with van der Waals surface area (Å²) in [4.78, 5) is 12.2. The lowest BCUT2D eigenvalue weighted by atomic mass is 10.0. The first-order valence-electron chi connectivity index (χ1n) is 6.78. The Kier molecular flexibility index (Phi) is 2.86. The van der Waals surface area contributed by atoms with Crippen molar-refractivity contribution in [2.75, 3.05) is 5.32 Å². The smallest absolute Gasteiger partial charge is 0.227 e. The van der Waals surface area contributed by atoms with Crippen LogP contribution in [0.2, 0.25) is 0 Å². The molecule has 0 spiro atoms. The largest absolute Gasteiger partial charge is 0.326 e. The zero-order valence-corrected chi connectivity index (χ0v) is 10.8. The number of fused-ring (bicyclic) bond motifs is 1. The lowest BCUT2D eigenvalue weighted by Crippen LogP contribution is -2.22. The van der Waals surface area contributed by atoms with Crippen molar-refractivity contribution >= 4 is 11.6 Å². The van der Waals surface area contributed by atoms with Crippen LogP contribution in [0.15, 0.2) is 18.2 Å². The number of hydrogen-bond donors (Lipinski definition) is 2. The average molecular weight is 244 g/mol. The Hall–Kier alpha value is -1.35. The molecule has 3 rings (SSSR count). The molecule has 0 heterocycles. The molecule has 2 aliphatic rings. The van der Waals surface area contributed by atoms with E-state index in [1.807, 2.05) is 25.1 Å². The molecule has 3 heteroatoms. The number of nitrogens with two attached hydrogens (primary N) is 1. The van der Waals surface area contributed by atoms with Gasteiger partial charge in [0.25, 0.3) is 0 Å². The monoisotopic (exact) mass is 244 g/mol. The van der Waals surface area contributed by atoms with Gasteiger partial charge in [-0.1, -0.05) is 12.1 Å². The third-order valence-electron chi connectivity index (χ3n) is 4.41. The van der Waals surface area contributed by atoms with Crippen molar-refractivity contribution < 1.29 is 4.79 Å². The number of aryl methyl sites for hydroxylation is 1. The van der Waals surface area contributed by atoms with Crippen molar-refractivity contribution in [3.05, 3.63) is 29.3 Å². The lowest BCUT2D eigenvalue weighted by molar-refractivity contribution is -0.120. The van der Waals surface area contributed by atoms with Crippen molar-refractivity contribution in [1.82, 2.24) is 0 Å². The van der Waals surface area contributed by atoms with E-state index in [0.29, 0.717) is 6.54 Å². The highest BCUT2D eigenvalue weighted by atomic mass is 16.1. The van der Waals surface area contributed by atoms with Crippen molar-refractivity contribution in [2.24, 2.45) is 23.5 Å². The van der Waals surface area contributed by atoms with E-state index in [-0.39, 0.29) is 11.8 Å². The first-order chi connectivity index (χ1) is 8.67. The van der Waals surface area contributed by atoms with Gasteiger partial charge in [-0.15, -0.1) is 0 Å². The van der Waals surface area contributed by atoms with Crippen LogP contribution in [0.3, 0.4) is 0 Å². The molecule has 0 aromatic heterocycles. The van der Waals surface area contributed by atoms with Crippen molar-refractivity contribution in [2.45, 2.75) is 32.7 Å². The molecule has 1 aromatic rings. The van der Waals surface area contributed by atoms with Crippen LogP contribution < -0.4 is 11.1 Å². The first kappa shape index (κ1) is 11.7. The number of carbonyl (C=O) groups excluding carboxylic acids is 1. The Morgan fingerprint density at radius 2 is 2.06 bits per heavy atom. The van der Waals surface area contributed by atoms with Gasteiger partial charge < -0.3 is 11.1 Å². The number of nitrogens with one attached hydrogen (secondary N) is 1. The minimum Gasteiger partial charge on any atom is -0.326 e. The van der Waals surface area contributed by atoms with Crippen LogP contribution in [-0.4, -0.2) is 5.91 Å². The van der Waals surface area contributed by atoms with E-state index >= 15 is 0 Å². The number of anilines is 1. The van der Waals surface area contributed by atoms with Gasteiger partial charge in [-0.25, -0.2) is 0 Å². The number of carbonyl (C=O) groups is 1. The molecule has 3 nitrogen and oxygen atoms in total. The van der Waals surface area contributed by atoms with Crippen LogP contribution in [0.1, 0.15) is 30.4 Å². The fourth-order valence-electron chi connectivity index (χ4n) is 3.09. The summed E-state index contributed by atoms with van der Waals surface area (Å²) in [6, 6.07) is 6.02. The predicted molar refractivity (Wildman–Crippen MR) is 72.0 cm³/mol. The molecule has 0 aliphatic heterocycles. The highest BCUT2D eigenvalue weighted by Crippen LogP contribution is 2.54. The van der Waals surface area contributed by atoms with E-state index in [4.69, 9.17) is 5.73 Å². The van der Waals surface area contributed by atoms with Crippen LogP contribution in [0, 0.1) is 24.7 Å². The first-order valence-corrected chi connectivity index (χ1v) is 6.78. The highest BCUT2D eigenvalue weighted by molar-refractivity contribution is 5.93. The fraction of sp³-hybridized carbons (Fsp3) is 0.533. The second-order valence-electron chi connectivity index (χ2n) is 5.77. The summed E-state index contributed by atoms with van der Waals surface area (Å²) in [5, 5.41) is 3.07. The van der Waals surface area contributed by atoms with Crippen LogP contribution >= 0.6 is 0 Å². The molecule has 18 heavy (non-hydrogen) atoms. The zero-order valence-electron chi connectivity index (χ0n) is 10.8. The normalized spacial score (nSPS) is 28.9. The molecule has 2 unspecified atom stereocenters. The molecule has 3 N–H and O–H groups in total. The second kappa shape index (κ2) is 4.39. The highest BCUT2D eigenvalue weighted by Gasteiger charge is 2.47. The molecule has 1 amide bonds. The number of benzene rings is 1. The topological polar surface area (TPSA) is 55.1 Å². The number of amides is 1. The van der Waals surface area contributed by atoms with Crippen molar-refractivity contribution in [3.8, 4) is 0 Å². The van der Waals surface area contributed by atoms with E-state index in [1.165, 1.54) is 6.42 Å². The molecule has 2 saturated carbocycles. The summed E-state index contributed by atoms with van der Waals surface area (Å²) in [5.41, 5.74) is 8.71. The van der Waals surface area contributed by atoms with Crippen LogP contribution in [0.25, 0.3) is 0 Å². The molecule has 96 valence electrons. The third-order valence-corrected chi connectivity index (χ3v) is 4.41. The predicted octanol–water partition coefficient (Wildman–Crippen LogP) is 2.44. The van der Waals surface area contributed by atoms with Gasteiger partial charge in [-0.05, 0) is 55.2 Å². The van der Waals surface area contributed by atoms with E-state index < -0.39 is 0 Å². The maximum absolute atomic E-state index is 12.2. The van der Waals surface area contributed by atoms with Crippen molar-refractivity contribution in [1.29, 1.82) is 0 Å². The summed E-state index contributed by atoms with van der Waals surface area (Å²) in [6.45, 7) is 2.53. The molecular weight excluding hydrogens is 224 g/mol. The number of hydrogen-bond acceptors (Lipinski definition) is 2. The minimum atomic E-state index is 0.194. The zero-order chi connectivity index (χ0) is 12.7. The van der Waals surface area contributed by atoms with E-state index in [0.717, 1.165) is 41.5 Å². The Bertz CT molecular complexity index is 473. The maximum Gasteiger partial charge on any atom is 0.227 e. The van der Waals surface area contributed by atoms with Crippen molar-refractivity contribution in [3.63, 3.8) is 0 Å². The molecule has 2 aliphatic carbocycles. The van der Waals surface area contributed by atoms with Gasteiger partial charge in [0, 0.05) is 18.2 Å². The van der Waals surface area contributed by atoms with Gasteiger partial charge in [-0.2, -0.15) is 0 Å². The SMILES string of the molecule is Cc1ccc(CN)cc1NC(=O)C1CC2CC2C1. The quantitative estimate of drug-likeness (QED) is 0.858. The Balaban J connectivity index is 1.69. The van der Waals surface area contributed by atoms with Gasteiger partial charge in [0.2, 0.25) is 5.91 Å². The molecule has 2 fully saturated rings. The van der Waals surface area contributed by atoms with E-state index in [2.05, 4.69) is 5.32 Å². The molecular formula is C15H20N2O. The third kappa shape index (κ3) is 2.15. The minimum absolute atomic E-state index is 0.194. The number of rotatable bonds is 3. The Labute approximate surface area is 108 Å². The molecule has 2 atom stereocenters. The van der Waals surface area contributed by atoms with Crippen LogP contribution in [-0.2, 0) is 11.3 Å². The average Bonchev–Trinajstić information content (AvgIpc) is 2.98. The van der Waals surface area contributed by atoms with Gasteiger partial charge in [0.15, 0.2) is 0 Å². The van der Waals surface area contributed by atoms with Gasteiger partial charge >= 0.3 is 0 Å². The van der Waals surface area contributed by atoms with Crippen LogP contribution in [0.4, 0.5) is 5.69 Å². The Morgan fingerprint density at radius 3 is 2.72 bits per heavy atom. The summed E-state index contributed by atoms with van der Waals surface area (Å²) < 4.78 is 0. The van der Waals surface area contributed by atoms with E-state index in [1.54, 1.807) is 0 Å². The van der Waals surface area contributed by atoms with Gasteiger partial charge in [0.1, 0.15) is 0 Å². The lowest BCUT2D eigenvalue weighted by Gasteiger charge is -2.14. The summed E-state index contributed by atoms with van der Waals surface area (Å²) >= 11 is 0. The maximum atomic E-state index is 12.2. The molecule has 0 bridgehead atoms. The van der Waals surface area contributed by atoms with Crippen LogP contribution in [0.5, 0.6) is 0 Å².